The van der Waals surface area contributed by atoms with Crippen LogP contribution >= 0.6 is 0 Å². The molecule has 0 aromatic heterocycles. The molecule has 1 aromatic carbocycles. The van der Waals surface area contributed by atoms with Crippen LogP contribution in [-0.2, 0) is 6.54 Å². The lowest BCUT2D eigenvalue weighted by atomic mass is 10.0. The van der Waals surface area contributed by atoms with Gasteiger partial charge >= 0.3 is 0 Å². The first-order chi connectivity index (χ1) is 6.24. The van der Waals surface area contributed by atoms with Gasteiger partial charge < -0.3 is 11.1 Å². The summed E-state index contributed by atoms with van der Waals surface area (Å²) in [6.07, 6.45) is 0. The quantitative estimate of drug-likeness (QED) is 0.690. The van der Waals surface area contributed by atoms with Crippen molar-refractivity contribution in [2.24, 2.45) is 5.73 Å². The van der Waals surface area contributed by atoms with Gasteiger partial charge in [-0.25, -0.2) is 0 Å². The highest BCUT2D eigenvalue weighted by molar-refractivity contribution is 5.24. The fourth-order valence-corrected chi connectivity index (χ4v) is 1.24. The fourth-order valence-electron chi connectivity index (χ4n) is 1.24. The molecule has 0 saturated heterocycles. The van der Waals surface area contributed by atoms with Gasteiger partial charge in [-0.05, 0) is 17.0 Å². The molecule has 0 aliphatic carbocycles. The topological polar surface area (TPSA) is 38.0 Å². The minimum absolute atomic E-state index is 0.534. The van der Waals surface area contributed by atoms with Gasteiger partial charge in [-0.3, -0.25) is 0 Å². The molecule has 0 spiro atoms. The van der Waals surface area contributed by atoms with Gasteiger partial charge in [0.15, 0.2) is 0 Å². The second-order valence-electron chi connectivity index (χ2n) is 3.53. The number of nitrogens with two attached hydrogens (primary N) is 1. The minimum atomic E-state index is 0.534. The molecule has 1 rings (SSSR count). The van der Waals surface area contributed by atoms with Crippen LogP contribution < -0.4 is 11.1 Å². The Morgan fingerprint density at radius 1 is 1.23 bits per heavy atom. The SMILES string of the molecule is CC(C)c1ccc(CNCN)cc1. The van der Waals surface area contributed by atoms with Crippen molar-refractivity contribution in [1.29, 1.82) is 0 Å². The Bertz CT molecular complexity index is 239. The van der Waals surface area contributed by atoms with E-state index in [-0.39, 0.29) is 0 Å². The van der Waals surface area contributed by atoms with Crippen molar-refractivity contribution in [1.82, 2.24) is 5.32 Å². The van der Waals surface area contributed by atoms with Crippen molar-refractivity contribution in [2.75, 3.05) is 6.67 Å². The Hall–Kier alpha value is -0.860. The van der Waals surface area contributed by atoms with Crippen molar-refractivity contribution in [3.63, 3.8) is 0 Å². The number of nitrogens with one attached hydrogen (secondary N) is 1. The van der Waals surface area contributed by atoms with Gasteiger partial charge in [0.05, 0.1) is 0 Å². The molecule has 0 saturated carbocycles. The lowest BCUT2D eigenvalue weighted by Gasteiger charge is -2.06. The van der Waals surface area contributed by atoms with E-state index in [1.54, 1.807) is 0 Å². The van der Waals surface area contributed by atoms with Crippen LogP contribution in [0.3, 0.4) is 0 Å². The average Bonchev–Trinajstić information content (AvgIpc) is 2.15. The van der Waals surface area contributed by atoms with Gasteiger partial charge in [0.1, 0.15) is 0 Å². The molecule has 0 aliphatic heterocycles. The van der Waals surface area contributed by atoms with E-state index in [0.717, 1.165) is 6.54 Å². The minimum Gasteiger partial charge on any atom is -0.318 e. The molecule has 13 heavy (non-hydrogen) atoms. The van der Waals surface area contributed by atoms with Crippen molar-refractivity contribution < 1.29 is 0 Å². The predicted octanol–water partition coefficient (Wildman–Crippen LogP) is 1.82. The summed E-state index contributed by atoms with van der Waals surface area (Å²) in [4.78, 5) is 0. The summed E-state index contributed by atoms with van der Waals surface area (Å²) >= 11 is 0. The summed E-state index contributed by atoms with van der Waals surface area (Å²) in [6, 6.07) is 8.66. The van der Waals surface area contributed by atoms with Gasteiger partial charge in [-0.15, -0.1) is 0 Å². The third-order valence-corrected chi connectivity index (χ3v) is 2.12. The molecular formula is C11H18N2. The summed E-state index contributed by atoms with van der Waals surface area (Å²) in [5.74, 6) is 0.608. The zero-order chi connectivity index (χ0) is 9.68. The Morgan fingerprint density at radius 3 is 2.31 bits per heavy atom. The lowest BCUT2D eigenvalue weighted by Crippen LogP contribution is -2.21. The number of rotatable bonds is 4. The second kappa shape index (κ2) is 5.00. The second-order valence-corrected chi connectivity index (χ2v) is 3.53. The van der Waals surface area contributed by atoms with E-state index in [1.165, 1.54) is 11.1 Å². The van der Waals surface area contributed by atoms with E-state index in [4.69, 9.17) is 5.73 Å². The van der Waals surface area contributed by atoms with Crippen LogP contribution in [0.25, 0.3) is 0 Å². The standard InChI is InChI=1S/C11H18N2/c1-9(2)11-5-3-10(4-6-11)7-13-8-12/h3-6,9,13H,7-8,12H2,1-2H3. The average molecular weight is 178 g/mol. The highest BCUT2D eigenvalue weighted by Crippen LogP contribution is 2.14. The Balaban J connectivity index is 2.59. The van der Waals surface area contributed by atoms with E-state index in [1.807, 2.05) is 0 Å². The Kier molecular flexibility index (Phi) is 3.93. The van der Waals surface area contributed by atoms with E-state index in [0.29, 0.717) is 12.6 Å². The van der Waals surface area contributed by atoms with Crippen molar-refractivity contribution >= 4 is 0 Å². The zero-order valence-corrected chi connectivity index (χ0v) is 8.38. The number of hydrogen-bond acceptors (Lipinski definition) is 2. The van der Waals surface area contributed by atoms with Crippen LogP contribution in [0.1, 0.15) is 30.9 Å². The molecule has 0 atom stereocenters. The van der Waals surface area contributed by atoms with Crippen LogP contribution in [0.15, 0.2) is 24.3 Å². The molecule has 0 bridgehead atoms. The molecule has 2 nitrogen and oxygen atoms in total. The number of hydrogen-bond donors (Lipinski definition) is 2. The van der Waals surface area contributed by atoms with Crippen LogP contribution in [-0.4, -0.2) is 6.67 Å². The molecule has 2 heteroatoms. The zero-order valence-electron chi connectivity index (χ0n) is 8.38. The van der Waals surface area contributed by atoms with Crippen LogP contribution in [0, 0.1) is 0 Å². The summed E-state index contributed by atoms with van der Waals surface area (Å²) in [7, 11) is 0. The maximum atomic E-state index is 5.34. The summed E-state index contributed by atoms with van der Waals surface area (Å²) in [5.41, 5.74) is 8.02. The van der Waals surface area contributed by atoms with Crippen molar-refractivity contribution in [3.05, 3.63) is 35.4 Å². The third kappa shape index (κ3) is 3.17. The first kappa shape index (κ1) is 10.2. The fraction of sp³-hybridized carbons (Fsp3) is 0.455. The number of benzene rings is 1. The van der Waals surface area contributed by atoms with Gasteiger partial charge in [0.2, 0.25) is 0 Å². The van der Waals surface area contributed by atoms with E-state index in [9.17, 15) is 0 Å². The first-order valence-corrected chi connectivity index (χ1v) is 4.73. The Labute approximate surface area is 80.1 Å². The maximum Gasteiger partial charge on any atom is 0.0431 e. The largest absolute Gasteiger partial charge is 0.318 e. The maximum absolute atomic E-state index is 5.34. The molecule has 0 radical (unpaired) electrons. The molecular weight excluding hydrogens is 160 g/mol. The Morgan fingerprint density at radius 2 is 1.85 bits per heavy atom. The van der Waals surface area contributed by atoms with Gasteiger partial charge in [0.25, 0.3) is 0 Å². The highest BCUT2D eigenvalue weighted by atomic mass is 14.9. The molecule has 0 fully saturated rings. The van der Waals surface area contributed by atoms with Gasteiger partial charge in [0, 0.05) is 13.2 Å². The van der Waals surface area contributed by atoms with Crippen LogP contribution in [0.2, 0.25) is 0 Å². The molecule has 72 valence electrons. The van der Waals surface area contributed by atoms with Crippen molar-refractivity contribution in [2.45, 2.75) is 26.3 Å². The van der Waals surface area contributed by atoms with Gasteiger partial charge in [-0.2, -0.15) is 0 Å². The molecule has 0 aliphatic rings. The smallest absolute Gasteiger partial charge is 0.0431 e. The highest BCUT2D eigenvalue weighted by Gasteiger charge is 1.97. The summed E-state index contributed by atoms with van der Waals surface area (Å²) < 4.78 is 0. The molecule has 3 N–H and O–H groups in total. The van der Waals surface area contributed by atoms with E-state index in [2.05, 4.69) is 43.4 Å². The van der Waals surface area contributed by atoms with Crippen molar-refractivity contribution in [3.8, 4) is 0 Å². The molecule has 0 amide bonds. The lowest BCUT2D eigenvalue weighted by molar-refractivity contribution is 0.708. The summed E-state index contributed by atoms with van der Waals surface area (Å²) in [5, 5.41) is 3.09. The first-order valence-electron chi connectivity index (χ1n) is 4.73. The normalized spacial score (nSPS) is 10.8. The third-order valence-electron chi connectivity index (χ3n) is 2.12. The molecule has 0 unspecified atom stereocenters. The van der Waals surface area contributed by atoms with Gasteiger partial charge in [-0.1, -0.05) is 38.1 Å². The molecule has 0 heterocycles. The summed E-state index contributed by atoms with van der Waals surface area (Å²) in [6.45, 7) is 5.79. The van der Waals surface area contributed by atoms with E-state index < -0.39 is 0 Å². The van der Waals surface area contributed by atoms with E-state index >= 15 is 0 Å². The molecule has 1 aromatic rings. The van der Waals surface area contributed by atoms with Crippen LogP contribution in [0.5, 0.6) is 0 Å². The monoisotopic (exact) mass is 178 g/mol. The predicted molar refractivity (Wildman–Crippen MR) is 56.4 cm³/mol. The van der Waals surface area contributed by atoms with Crippen LogP contribution in [0.4, 0.5) is 0 Å².